The van der Waals surface area contributed by atoms with Gasteiger partial charge in [-0.2, -0.15) is 0 Å². The lowest BCUT2D eigenvalue weighted by Crippen LogP contribution is -2.78. The molecule has 2 aromatic heterocycles. The monoisotopic (exact) mass is 638 g/mol. The molecule has 3 aliphatic rings. The summed E-state index contributed by atoms with van der Waals surface area (Å²) in [5, 5.41) is 9.57. The Labute approximate surface area is 284 Å². The molecule has 3 aliphatic heterocycles. The molecule has 0 saturated carbocycles. The number of hydrogen-bond donors (Lipinski definition) is 0. The predicted octanol–water partition coefficient (Wildman–Crippen LogP) is 5.83. The molecular formula is C44H27BN2OSi. The molecule has 9 aromatic rings. The van der Waals surface area contributed by atoms with E-state index in [1.54, 1.807) is 0 Å². The summed E-state index contributed by atoms with van der Waals surface area (Å²) in [5.74, 6) is 0.914. The van der Waals surface area contributed by atoms with E-state index in [4.69, 9.17) is 4.42 Å². The van der Waals surface area contributed by atoms with Gasteiger partial charge in [-0.3, -0.25) is 4.90 Å². The zero-order valence-corrected chi connectivity index (χ0v) is 27.5. The lowest BCUT2D eigenvalue weighted by Gasteiger charge is -2.43. The number of nitrogens with zero attached hydrogens (tertiary/aromatic N) is 2. The van der Waals surface area contributed by atoms with Crippen LogP contribution in [0, 0.1) is 0 Å². The Morgan fingerprint density at radius 2 is 1.12 bits per heavy atom. The van der Waals surface area contributed by atoms with Gasteiger partial charge in [0, 0.05) is 38.7 Å². The second-order valence-electron chi connectivity index (χ2n) is 13.6. The highest BCUT2D eigenvalue weighted by Crippen LogP contribution is 2.44. The molecule has 0 bridgehead atoms. The molecule has 49 heavy (non-hydrogen) atoms. The minimum absolute atomic E-state index is 0.0175. The normalized spacial score (nSPS) is 14.6. The van der Waals surface area contributed by atoms with Crippen LogP contribution in [0.3, 0.4) is 0 Å². The highest BCUT2D eigenvalue weighted by molar-refractivity contribution is 7.22. The second kappa shape index (κ2) is 9.10. The molecule has 226 valence electrons. The first-order valence-electron chi connectivity index (χ1n) is 17.1. The largest absolute Gasteiger partial charge is 0.440 e. The van der Waals surface area contributed by atoms with Gasteiger partial charge in [-0.15, -0.1) is 0 Å². The molecule has 5 heterocycles. The van der Waals surface area contributed by atoms with Crippen LogP contribution in [0.2, 0.25) is 0 Å². The van der Waals surface area contributed by atoms with E-state index in [1.807, 2.05) is 0 Å². The Bertz CT molecular complexity index is 2800. The van der Waals surface area contributed by atoms with Gasteiger partial charge in [0.05, 0.1) is 11.0 Å². The van der Waals surface area contributed by atoms with Crippen molar-refractivity contribution in [3.63, 3.8) is 0 Å². The number of hydrogen-bond acceptors (Lipinski definition) is 2. The number of anilines is 3. The quantitative estimate of drug-likeness (QED) is 0.227. The smallest absolute Gasteiger partial charge is 0.257 e. The third kappa shape index (κ3) is 2.98. The van der Waals surface area contributed by atoms with Crippen molar-refractivity contribution in [1.82, 2.24) is 4.57 Å². The fourth-order valence-electron chi connectivity index (χ4n) is 9.73. The number of furan rings is 1. The van der Waals surface area contributed by atoms with E-state index >= 15 is 0 Å². The van der Waals surface area contributed by atoms with Gasteiger partial charge in [0.2, 0.25) is 5.88 Å². The lowest BCUT2D eigenvalue weighted by molar-refractivity contribution is 0.623. The van der Waals surface area contributed by atoms with Crippen LogP contribution in [0.15, 0.2) is 168 Å². The molecule has 0 radical (unpaired) electrons. The summed E-state index contributed by atoms with van der Waals surface area (Å²) in [5.41, 5.74) is 11.2. The summed E-state index contributed by atoms with van der Waals surface area (Å²) >= 11 is 0. The average molecular weight is 639 g/mol. The van der Waals surface area contributed by atoms with Crippen molar-refractivity contribution in [3.8, 4) is 5.69 Å². The van der Waals surface area contributed by atoms with Gasteiger partial charge in [-0.25, -0.2) is 0 Å². The number of fused-ring (bicyclic) bond motifs is 6. The highest BCUT2D eigenvalue weighted by atomic mass is 28.3. The molecule has 7 aromatic carbocycles. The predicted molar refractivity (Wildman–Crippen MR) is 207 cm³/mol. The minimum Gasteiger partial charge on any atom is -0.440 e. The van der Waals surface area contributed by atoms with E-state index in [1.165, 1.54) is 75.7 Å². The molecule has 5 heteroatoms. The summed E-state index contributed by atoms with van der Waals surface area (Å²) in [6, 6.07) is 61.0. The number of benzene rings is 7. The first-order valence-corrected chi connectivity index (χ1v) is 19.1. The Hall–Kier alpha value is -6.04. The average Bonchev–Trinajstić information content (AvgIpc) is 3.72. The van der Waals surface area contributed by atoms with E-state index in [2.05, 4.69) is 173 Å². The van der Waals surface area contributed by atoms with Crippen molar-refractivity contribution >= 4 is 102 Å². The van der Waals surface area contributed by atoms with Crippen LogP contribution >= 0.6 is 0 Å². The fourth-order valence-corrected chi connectivity index (χ4v) is 14.9. The van der Waals surface area contributed by atoms with Crippen LogP contribution in [0.4, 0.5) is 17.3 Å². The fraction of sp³-hybridized carbons (Fsp3) is 0. The van der Waals surface area contributed by atoms with Crippen LogP contribution in [0.5, 0.6) is 0 Å². The van der Waals surface area contributed by atoms with Crippen molar-refractivity contribution in [3.05, 3.63) is 164 Å². The SMILES string of the molecule is c1ccc(N2c3ccc4c5cccc6c5n5c4c3B(c3cccc(c3-5)[Si]6(c3ccccc3)c3ccccc3)c3c2oc2ccccc32)cc1. The molecule has 0 unspecified atom stereocenters. The van der Waals surface area contributed by atoms with E-state index in [0.29, 0.717) is 0 Å². The molecule has 12 rings (SSSR count). The van der Waals surface area contributed by atoms with Crippen molar-refractivity contribution in [2.75, 3.05) is 4.90 Å². The topological polar surface area (TPSA) is 21.3 Å². The van der Waals surface area contributed by atoms with Crippen molar-refractivity contribution in [2.45, 2.75) is 0 Å². The lowest BCUT2D eigenvalue weighted by atomic mass is 9.34. The van der Waals surface area contributed by atoms with Gasteiger partial charge >= 0.3 is 0 Å². The maximum Gasteiger partial charge on any atom is 0.257 e. The van der Waals surface area contributed by atoms with Gasteiger partial charge in [0.1, 0.15) is 5.58 Å². The van der Waals surface area contributed by atoms with Crippen molar-refractivity contribution in [2.24, 2.45) is 0 Å². The summed E-state index contributed by atoms with van der Waals surface area (Å²) in [4.78, 5) is 2.36. The molecule has 0 saturated heterocycles. The Kier molecular flexibility index (Phi) is 4.82. The van der Waals surface area contributed by atoms with E-state index in [0.717, 1.165) is 17.2 Å². The van der Waals surface area contributed by atoms with Crippen LogP contribution < -0.4 is 42.0 Å². The second-order valence-corrected chi connectivity index (χ2v) is 17.3. The van der Waals surface area contributed by atoms with Gasteiger partial charge in [0.15, 0.2) is 8.07 Å². The molecule has 0 amide bonds. The zero-order chi connectivity index (χ0) is 31.8. The first kappa shape index (κ1) is 26.0. The first-order chi connectivity index (χ1) is 24.4. The van der Waals surface area contributed by atoms with Crippen LogP contribution in [0.25, 0.3) is 38.5 Å². The molecule has 0 fully saturated rings. The third-order valence-electron chi connectivity index (χ3n) is 11.4. The number of aromatic nitrogens is 1. The van der Waals surface area contributed by atoms with Gasteiger partial charge in [-0.1, -0.05) is 140 Å². The van der Waals surface area contributed by atoms with Crippen LogP contribution in [-0.2, 0) is 0 Å². The number of rotatable bonds is 3. The van der Waals surface area contributed by atoms with Gasteiger partial charge in [0.25, 0.3) is 6.71 Å². The minimum atomic E-state index is -2.76. The van der Waals surface area contributed by atoms with Crippen LogP contribution in [0.1, 0.15) is 0 Å². The van der Waals surface area contributed by atoms with Crippen molar-refractivity contribution in [1.29, 1.82) is 0 Å². The maximum atomic E-state index is 6.90. The molecule has 0 N–H and O–H groups in total. The van der Waals surface area contributed by atoms with Gasteiger partial charge < -0.3 is 8.98 Å². The van der Waals surface area contributed by atoms with Crippen LogP contribution in [-0.4, -0.2) is 19.4 Å². The summed E-state index contributed by atoms with van der Waals surface area (Å²) in [7, 11) is -2.76. The zero-order valence-electron chi connectivity index (χ0n) is 26.5. The molecule has 0 aliphatic carbocycles. The Balaban J connectivity index is 1.33. The summed E-state index contributed by atoms with van der Waals surface area (Å²) < 4.78 is 9.56. The standard InChI is InChI=1S/C44H27BN2OSi/c1-4-14-28(15-5-1)46-35-27-26-32-31-21-12-24-37-41(31)47-42(32)40(35)45(39-33-20-10-11-23-36(33)48-44(39)46)34-22-13-25-38(43(34)47)49(37,29-16-6-2-7-17-29)30-18-8-3-9-19-30/h1-27H. The Morgan fingerprint density at radius 3 is 1.90 bits per heavy atom. The van der Waals surface area contributed by atoms with Gasteiger partial charge in [-0.05, 0) is 55.9 Å². The van der Waals surface area contributed by atoms with E-state index in [-0.39, 0.29) is 6.71 Å². The third-order valence-corrected chi connectivity index (χ3v) is 16.3. The number of para-hydroxylation sites is 4. The van der Waals surface area contributed by atoms with E-state index in [9.17, 15) is 0 Å². The molecule has 0 atom stereocenters. The molecular weight excluding hydrogens is 611 g/mol. The molecule has 0 spiro atoms. The molecule has 3 nitrogen and oxygen atoms in total. The summed E-state index contributed by atoms with van der Waals surface area (Å²) in [6.07, 6.45) is 0. The summed E-state index contributed by atoms with van der Waals surface area (Å²) in [6.45, 7) is 0.0175. The highest BCUT2D eigenvalue weighted by Gasteiger charge is 2.52. The van der Waals surface area contributed by atoms with Crippen molar-refractivity contribution < 1.29 is 4.42 Å². The Morgan fingerprint density at radius 1 is 0.490 bits per heavy atom. The maximum absolute atomic E-state index is 6.90. The van der Waals surface area contributed by atoms with E-state index < -0.39 is 8.07 Å².